The predicted molar refractivity (Wildman–Crippen MR) is 53.4 cm³/mol. The maximum absolute atomic E-state index is 11.1. The van der Waals surface area contributed by atoms with E-state index in [9.17, 15) is 8.42 Å². The van der Waals surface area contributed by atoms with Gasteiger partial charge in [-0.1, -0.05) is 19.9 Å². The van der Waals surface area contributed by atoms with Crippen molar-refractivity contribution < 1.29 is 13.0 Å². The summed E-state index contributed by atoms with van der Waals surface area (Å²) >= 11 is 0. The van der Waals surface area contributed by atoms with Crippen LogP contribution in [0.2, 0.25) is 0 Å². The highest BCUT2D eigenvalue weighted by Gasteiger charge is 2.28. The van der Waals surface area contributed by atoms with Crippen molar-refractivity contribution in [2.24, 2.45) is 5.92 Å². The van der Waals surface area contributed by atoms with Crippen LogP contribution in [0.4, 0.5) is 0 Å². The van der Waals surface area contributed by atoms with Crippen molar-refractivity contribution in [2.75, 3.05) is 0 Å². The molecule has 0 amide bonds. The maximum atomic E-state index is 11.1. The minimum Gasteiger partial charge on any atom is -0.285 e. The lowest BCUT2D eigenvalue weighted by atomic mass is 10.0. The molecule has 1 aromatic heterocycles. The third-order valence-corrected chi connectivity index (χ3v) is 3.40. The molecular formula is C9H13NO3S. The summed E-state index contributed by atoms with van der Waals surface area (Å²) in [5.41, 5.74) is 0.519. The Kier molecular flexibility index (Phi) is 3.23. The van der Waals surface area contributed by atoms with Crippen molar-refractivity contribution >= 4 is 10.1 Å². The van der Waals surface area contributed by atoms with Gasteiger partial charge in [-0.15, -0.1) is 0 Å². The lowest BCUT2D eigenvalue weighted by molar-refractivity contribution is 0.445. The standard InChI is InChI=1S/C9H13NO3S/c1-7(2)9(14(11,12)13)8-4-3-5-10-6-8/h3-7,9H,1-2H3,(H,11,12,13). The van der Waals surface area contributed by atoms with Crippen molar-refractivity contribution in [2.45, 2.75) is 19.1 Å². The molecule has 1 rings (SSSR count). The molecule has 0 aliphatic rings. The van der Waals surface area contributed by atoms with E-state index in [1.54, 1.807) is 32.2 Å². The fourth-order valence-corrected chi connectivity index (χ4v) is 2.62. The van der Waals surface area contributed by atoms with Crippen LogP contribution in [0.3, 0.4) is 0 Å². The van der Waals surface area contributed by atoms with Crippen molar-refractivity contribution in [1.29, 1.82) is 0 Å². The van der Waals surface area contributed by atoms with Gasteiger partial charge >= 0.3 is 0 Å². The molecule has 0 saturated carbocycles. The van der Waals surface area contributed by atoms with E-state index >= 15 is 0 Å². The molecule has 0 spiro atoms. The molecule has 1 aromatic rings. The Bertz CT molecular complexity index is 386. The third-order valence-electron chi connectivity index (χ3n) is 1.94. The molecule has 1 heterocycles. The van der Waals surface area contributed by atoms with E-state index in [0.29, 0.717) is 5.56 Å². The molecule has 0 saturated heterocycles. The van der Waals surface area contributed by atoms with E-state index in [1.165, 1.54) is 6.20 Å². The van der Waals surface area contributed by atoms with E-state index in [2.05, 4.69) is 4.98 Å². The van der Waals surface area contributed by atoms with Gasteiger partial charge in [-0.2, -0.15) is 8.42 Å². The van der Waals surface area contributed by atoms with Gasteiger partial charge in [-0.05, 0) is 17.5 Å². The average Bonchev–Trinajstić information content (AvgIpc) is 2.02. The highest BCUT2D eigenvalue weighted by atomic mass is 32.2. The second-order valence-electron chi connectivity index (χ2n) is 3.47. The van der Waals surface area contributed by atoms with Gasteiger partial charge in [0.25, 0.3) is 10.1 Å². The smallest absolute Gasteiger partial charge is 0.272 e. The zero-order valence-corrected chi connectivity index (χ0v) is 8.90. The summed E-state index contributed by atoms with van der Waals surface area (Å²) in [7, 11) is -4.06. The summed E-state index contributed by atoms with van der Waals surface area (Å²) in [6.45, 7) is 3.48. The second kappa shape index (κ2) is 4.06. The zero-order chi connectivity index (χ0) is 10.8. The van der Waals surface area contributed by atoms with Crippen LogP contribution in [-0.4, -0.2) is 18.0 Å². The lowest BCUT2D eigenvalue weighted by Gasteiger charge is -2.17. The van der Waals surface area contributed by atoms with Crippen LogP contribution in [-0.2, 0) is 10.1 Å². The van der Waals surface area contributed by atoms with Crippen molar-refractivity contribution in [3.63, 3.8) is 0 Å². The van der Waals surface area contributed by atoms with Crippen LogP contribution in [0.15, 0.2) is 24.5 Å². The molecule has 1 unspecified atom stereocenters. The number of nitrogens with zero attached hydrogens (tertiary/aromatic N) is 1. The first-order valence-corrected chi connectivity index (χ1v) is 5.79. The summed E-state index contributed by atoms with van der Waals surface area (Å²) in [6.07, 6.45) is 3.02. The SMILES string of the molecule is CC(C)C(c1cccnc1)S(=O)(=O)O. The first-order valence-electron chi connectivity index (χ1n) is 4.29. The van der Waals surface area contributed by atoms with Crippen LogP contribution in [0.1, 0.15) is 24.7 Å². The number of hydrogen-bond donors (Lipinski definition) is 1. The molecule has 0 bridgehead atoms. The Morgan fingerprint density at radius 1 is 1.43 bits per heavy atom. The van der Waals surface area contributed by atoms with Crippen molar-refractivity contribution in [3.8, 4) is 0 Å². The molecule has 0 aliphatic carbocycles. The number of hydrogen-bond acceptors (Lipinski definition) is 3. The van der Waals surface area contributed by atoms with Gasteiger partial charge in [0.1, 0.15) is 5.25 Å². The molecule has 1 N–H and O–H groups in total. The van der Waals surface area contributed by atoms with Crippen LogP contribution >= 0.6 is 0 Å². The fourth-order valence-electron chi connectivity index (χ4n) is 1.45. The van der Waals surface area contributed by atoms with Crippen LogP contribution in [0.25, 0.3) is 0 Å². The van der Waals surface area contributed by atoms with Gasteiger partial charge in [-0.3, -0.25) is 9.54 Å². The predicted octanol–water partition coefficient (Wildman–Crippen LogP) is 1.67. The fraction of sp³-hybridized carbons (Fsp3) is 0.444. The zero-order valence-electron chi connectivity index (χ0n) is 8.08. The van der Waals surface area contributed by atoms with Gasteiger partial charge in [0, 0.05) is 12.4 Å². The van der Waals surface area contributed by atoms with Crippen molar-refractivity contribution in [3.05, 3.63) is 30.1 Å². The average molecular weight is 215 g/mol. The third kappa shape index (κ3) is 2.52. The quantitative estimate of drug-likeness (QED) is 0.779. The molecule has 5 heteroatoms. The Morgan fingerprint density at radius 3 is 2.43 bits per heavy atom. The number of aromatic nitrogens is 1. The number of rotatable bonds is 3. The summed E-state index contributed by atoms with van der Waals surface area (Å²) < 4.78 is 31.2. The summed E-state index contributed by atoms with van der Waals surface area (Å²) in [4.78, 5) is 3.83. The van der Waals surface area contributed by atoms with Gasteiger partial charge < -0.3 is 0 Å². The van der Waals surface area contributed by atoms with Gasteiger partial charge in [0.05, 0.1) is 0 Å². The van der Waals surface area contributed by atoms with E-state index in [1.807, 2.05) is 0 Å². The van der Waals surface area contributed by atoms with E-state index in [0.717, 1.165) is 0 Å². The molecule has 0 aromatic carbocycles. The summed E-state index contributed by atoms with van der Waals surface area (Å²) in [6, 6.07) is 3.29. The highest BCUT2D eigenvalue weighted by Crippen LogP contribution is 2.28. The maximum Gasteiger partial charge on any atom is 0.272 e. The molecule has 4 nitrogen and oxygen atoms in total. The molecule has 1 atom stereocenters. The number of pyridine rings is 1. The van der Waals surface area contributed by atoms with Crippen LogP contribution in [0, 0.1) is 5.92 Å². The molecule has 14 heavy (non-hydrogen) atoms. The molecular weight excluding hydrogens is 202 g/mol. The Hall–Kier alpha value is -0.940. The molecule has 0 radical (unpaired) electrons. The van der Waals surface area contributed by atoms with E-state index in [-0.39, 0.29) is 5.92 Å². The first-order chi connectivity index (χ1) is 6.43. The van der Waals surface area contributed by atoms with Gasteiger partial charge in [-0.25, -0.2) is 0 Å². The Labute approximate surface area is 83.7 Å². The normalized spacial score (nSPS) is 14.3. The van der Waals surface area contributed by atoms with Gasteiger partial charge in [0.2, 0.25) is 0 Å². The monoisotopic (exact) mass is 215 g/mol. The minimum absolute atomic E-state index is 0.186. The Morgan fingerprint density at radius 2 is 2.07 bits per heavy atom. The Balaban J connectivity index is 3.15. The second-order valence-corrected chi connectivity index (χ2v) is 5.00. The van der Waals surface area contributed by atoms with Crippen LogP contribution in [0.5, 0.6) is 0 Å². The minimum atomic E-state index is -4.06. The van der Waals surface area contributed by atoms with E-state index < -0.39 is 15.4 Å². The highest BCUT2D eigenvalue weighted by molar-refractivity contribution is 7.86. The van der Waals surface area contributed by atoms with Gasteiger partial charge in [0.15, 0.2) is 0 Å². The molecule has 0 fully saturated rings. The first kappa shape index (κ1) is 11.1. The largest absolute Gasteiger partial charge is 0.285 e. The van der Waals surface area contributed by atoms with Crippen LogP contribution < -0.4 is 0 Å². The molecule has 78 valence electrons. The summed E-state index contributed by atoms with van der Waals surface area (Å²) in [5.74, 6) is -0.186. The molecule has 0 aliphatic heterocycles. The lowest BCUT2D eigenvalue weighted by Crippen LogP contribution is -2.17. The van der Waals surface area contributed by atoms with Crippen molar-refractivity contribution in [1.82, 2.24) is 4.98 Å². The summed E-state index contributed by atoms with van der Waals surface area (Å²) in [5, 5.41) is -0.892. The van der Waals surface area contributed by atoms with E-state index in [4.69, 9.17) is 4.55 Å². The topological polar surface area (TPSA) is 67.3 Å².